The van der Waals surface area contributed by atoms with E-state index in [0.29, 0.717) is 17.1 Å². The number of carbonyl (C=O) groups excluding carboxylic acids is 1. The van der Waals surface area contributed by atoms with Crippen molar-refractivity contribution in [2.45, 2.75) is 6.42 Å². The summed E-state index contributed by atoms with van der Waals surface area (Å²) < 4.78 is 0. The van der Waals surface area contributed by atoms with Gasteiger partial charge in [0.05, 0.1) is 16.8 Å². The molecule has 0 aliphatic carbocycles. The number of H-pyrrole nitrogens is 1. The maximum absolute atomic E-state index is 11.8. The Bertz CT molecular complexity index is 1130. The zero-order valence-corrected chi connectivity index (χ0v) is 16.1. The van der Waals surface area contributed by atoms with Crippen LogP contribution in [-0.2, 0) is 0 Å². The van der Waals surface area contributed by atoms with Crippen LogP contribution in [0.2, 0.25) is 0 Å². The normalized spacial score (nSPS) is 11.4. The van der Waals surface area contributed by atoms with Crippen molar-refractivity contribution in [2.24, 2.45) is 0 Å². The maximum Gasteiger partial charge on any atom is 0.179 e. The number of para-hydroxylation sites is 2. The van der Waals surface area contributed by atoms with Gasteiger partial charge in [0, 0.05) is 22.8 Å². The number of nitrogens with one attached hydrogen (secondary N) is 2. The summed E-state index contributed by atoms with van der Waals surface area (Å²) in [7, 11) is 4.13. The Morgan fingerprint density at radius 1 is 1.04 bits per heavy atom. The van der Waals surface area contributed by atoms with Crippen LogP contribution in [0.3, 0.4) is 0 Å². The van der Waals surface area contributed by atoms with Crippen molar-refractivity contribution in [1.82, 2.24) is 19.9 Å². The molecule has 2 aromatic heterocycles. The molecular formula is C22H23N5O. The van der Waals surface area contributed by atoms with Crippen LogP contribution in [0.4, 0.5) is 5.82 Å². The molecule has 0 spiro atoms. The van der Waals surface area contributed by atoms with Crippen molar-refractivity contribution in [3.63, 3.8) is 0 Å². The van der Waals surface area contributed by atoms with Gasteiger partial charge in [-0.2, -0.15) is 0 Å². The first-order chi connectivity index (χ1) is 13.7. The lowest BCUT2D eigenvalue weighted by Crippen LogP contribution is -2.17. The van der Waals surface area contributed by atoms with E-state index in [4.69, 9.17) is 9.97 Å². The first-order valence-corrected chi connectivity index (χ1v) is 9.39. The highest BCUT2D eigenvalue weighted by Gasteiger charge is 2.17. The fraction of sp³-hybridized carbons (Fsp3) is 0.227. The van der Waals surface area contributed by atoms with Gasteiger partial charge in [-0.15, -0.1) is 0 Å². The summed E-state index contributed by atoms with van der Waals surface area (Å²) in [6.07, 6.45) is 1.88. The summed E-state index contributed by atoms with van der Waals surface area (Å²) >= 11 is 0. The molecule has 4 rings (SSSR count). The molecule has 0 amide bonds. The Morgan fingerprint density at radius 2 is 1.79 bits per heavy atom. The van der Waals surface area contributed by atoms with Gasteiger partial charge in [0.25, 0.3) is 0 Å². The minimum absolute atomic E-state index is 0.520. The third-order valence-corrected chi connectivity index (χ3v) is 4.77. The van der Waals surface area contributed by atoms with Crippen LogP contribution < -0.4 is 5.32 Å². The molecule has 0 radical (unpaired) electrons. The van der Waals surface area contributed by atoms with E-state index >= 15 is 0 Å². The van der Waals surface area contributed by atoms with Crippen molar-refractivity contribution in [2.75, 3.05) is 32.5 Å². The molecule has 6 heteroatoms. The van der Waals surface area contributed by atoms with E-state index in [1.807, 2.05) is 48.5 Å². The van der Waals surface area contributed by atoms with E-state index in [1.165, 1.54) is 0 Å². The van der Waals surface area contributed by atoms with Gasteiger partial charge in [-0.3, -0.25) is 4.79 Å². The Balaban J connectivity index is 1.79. The van der Waals surface area contributed by atoms with Gasteiger partial charge in [0.2, 0.25) is 0 Å². The highest BCUT2D eigenvalue weighted by atomic mass is 16.1. The van der Waals surface area contributed by atoms with Gasteiger partial charge in [-0.1, -0.05) is 30.3 Å². The summed E-state index contributed by atoms with van der Waals surface area (Å²) in [4.78, 5) is 26.8. The predicted molar refractivity (Wildman–Crippen MR) is 114 cm³/mol. The van der Waals surface area contributed by atoms with E-state index in [2.05, 4.69) is 29.3 Å². The van der Waals surface area contributed by atoms with E-state index in [-0.39, 0.29) is 0 Å². The quantitative estimate of drug-likeness (QED) is 0.379. The number of aldehydes is 1. The van der Waals surface area contributed by atoms with Gasteiger partial charge < -0.3 is 15.2 Å². The van der Waals surface area contributed by atoms with Crippen molar-refractivity contribution >= 4 is 33.9 Å². The first-order valence-electron chi connectivity index (χ1n) is 9.39. The Morgan fingerprint density at radius 3 is 2.57 bits per heavy atom. The summed E-state index contributed by atoms with van der Waals surface area (Å²) in [6, 6.07) is 15.7. The van der Waals surface area contributed by atoms with Crippen molar-refractivity contribution in [1.29, 1.82) is 0 Å². The minimum Gasteiger partial charge on any atom is -0.369 e. The average molecular weight is 373 g/mol. The van der Waals surface area contributed by atoms with Gasteiger partial charge in [-0.05, 0) is 45.3 Å². The fourth-order valence-electron chi connectivity index (χ4n) is 3.39. The van der Waals surface area contributed by atoms with E-state index < -0.39 is 0 Å². The van der Waals surface area contributed by atoms with Gasteiger partial charge >= 0.3 is 0 Å². The number of carbonyl (C=O) groups is 1. The molecule has 0 saturated heterocycles. The number of fused-ring (bicyclic) bond motifs is 2. The monoisotopic (exact) mass is 373 g/mol. The molecule has 0 aliphatic heterocycles. The molecule has 2 aromatic carbocycles. The number of aromatic nitrogens is 3. The second-order valence-corrected chi connectivity index (χ2v) is 7.07. The molecular weight excluding hydrogens is 350 g/mol. The van der Waals surface area contributed by atoms with Crippen LogP contribution in [0.5, 0.6) is 0 Å². The number of hydrogen-bond acceptors (Lipinski definition) is 5. The maximum atomic E-state index is 11.8. The molecule has 0 unspecified atom stereocenters. The molecule has 2 heterocycles. The third kappa shape index (κ3) is 3.46. The van der Waals surface area contributed by atoms with Crippen molar-refractivity contribution in [3.05, 3.63) is 54.1 Å². The fourth-order valence-corrected chi connectivity index (χ4v) is 3.39. The molecule has 28 heavy (non-hydrogen) atoms. The van der Waals surface area contributed by atoms with E-state index in [9.17, 15) is 4.79 Å². The molecule has 6 nitrogen and oxygen atoms in total. The second kappa shape index (κ2) is 7.78. The first kappa shape index (κ1) is 18.1. The van der Waals surface area contributed by atoms with Crippen LogP contribution in [0.15, 0.2) is 48.5 Å². The summed E-state index contributed by atoms with van der Waals surface area (Å²) in [5.41, 5.74) is 2.98. The van der Waals surface area contributed by atoms with Crippen LogP contribution in [0, 0.1) is 0 Å². The van der Waals surface area contributed by atoms with Gasteiger partial charge in [0.1, 0.15) is 5.82 Å². The Labute approximate surface area is 163 Å². The number of rotatable bonds is 7. The van der Waals surface area contributed by atoms with Crippen LogP contribution in [0.25, 0.3) is 33.3 Å². The molecule has 0 fully saturated rings. The third-order valence-electron chi connectivity index (χ3n) is 4.77. The number of aromatic amines is 1. The average Bonchev–Trinajstić information content (AvgIpc) is 3.09. The van der Waals surface area contributed by atoms with Crippen LogP contribution >= 0.6 is 0 Å². The van der Waals surface area contributed by atoms with Crippen molar-refractivity contribution in [3.8, 4) is 11.5 Å². The molecule has 0 saturated carbocycles. The number of anilines is 1. The Hall–Kier alpha value is -3.25. The topological polar surface area (TPSA) is 73.9 Å². The minimum atomic E-state index is 0.520. The van der Waals surface area contributed by atoms with Gasteiger partial charge in [0.15, 0.2) is 12.1 Å². The van der Waals surface area contributed by atoms with Crippen LogP contribution in [0.1, 0.15) is 16.8 Å². The molecule has 0 bridgehead atoms. The molecule has 4 aromatic rings. The number of nitrogens with zero attached hydrogens (tertiary/aromatic N) is 3. The standard InChI is InChI=1S/C22H23N5O/c1-27(2)13-7-12-23-21-16-9-4-6-11-19(16)25-22(26-21)20-17(14-28)15-8-3-5-10-18(15)24-20/h3-6,8-11,14,24H,7,12-13H2,1-2H3,(H,23,25,26). The molecule has 0 atom stereocenters. The lowest BCUT2D eigenvalue weighted by molar-refractivity contribution is 0.112. The van der Waals surface area contributed by atoms with E-state index in [1.54, 1.807) is 0 Å². The zero-order chi connectivity index (χ0) is 19.5. The number of benzene rings is 2. The molecule has 0 aliphatic rings. The molecule has 2 N–H and O–H groups in total. The van der Waals surface area contributed by atoms with E-state index in [0.717, 1.165) is 53.4 Å². The Kier molecular flexibility index (Phi) is 5.04. The predicted octanol–water partition coefficient (Wildman–Crippen LogP) is 3.95. The summed E-state index contributed by atoms with van der Waals surface area (Å²) in [6.45, 7) is 1.81. The second-order valence-electron chi connectivity index (χ2n) is 7.07. The smallest absolute Gasteiger partial charge is 0.179 e. The summed E-state index contributed by atoms with van der Waals surface area (Å²) in [5.74, 6) is 1.31. The summed E-state index contributed by atoms with van der Waals surface area (Å²) in [5, 5.41) is 5.30. The number of hydrogen-bond donors (Lipinski definition) is 2. The molecule has 142 valence electrons. The lowest BCUT2D eigenvalue weighted by Gasteiger charge is -2.12. The van der Waals surface area contributed by atoms with Gasteiger partial charge in [-0.25, -0.2) is 9.97 Å². The highest BCUT2D eigenvalue weighted by Crippen LogP contribution is 2.30. The lowest BCUT2D eigenvalue weighted by atomic mass is 10.1. The largest absolute Gasteiger partial charge is 0.369 e. The zero-order valence-electron chi connectivity index (χ0n) is 16.1. The SMILES string of the molecule is CN(C)CCCNc1nc(-c2[nH]c3ccccc3c2C=O)nc2ccccc12. The van der Waals surface area contributed by atoms with Crippen molar-refractivity contribution < 1.29 is 4.79 Å². The van der Waals surface area contributed by atoms with Crippen LogP contribution in [-0.4, -0.2) is 53.3 Å². The highest BCUT2D eigenvalue weighted by molar-refractivity contribution is 6.04.